The van der Waals surface area contributed by atoms with E-state index in [1.807, 2.05) is 0 Å². The van der Waals surface area contributed by atoms with Gasteiger partial charge in [-0.2, -0.15) is 0 Å². The first-order chi connectivity index (χ1) is 14.4. The van der Waals surface area contributed by atoms with Crippen LogP contribution >= 0.6 is 0 Å². The van der Waals surface area contributed by atoms with Crippen LogP contribution < -0.4 is 20.1 Å². The van der Waals surface area contributed by atoms with E-state index in [4.69, 9.17) is 19.9 Å². The normalized spacial score (nSPS) is 10.2. The third kappa shape index (κ3) is 7.08. The molecule has 0 saturated carbocycles. The fraction of sp³-hybridized carbons (Fsp3) is 0.286. The predicted molar refractivity (Wildman–Crippen MR) is 107 cm³/mol. The minimum atomic E-state index is -0.632. The van der Waals surface area contributed by atoms with Gasteiger partial charge in [-0.3, -0.25) is 14.4 Å². The number of halogens is 1. The van der Waals surface area contributed by atoms with Gasteiger partial charge >= 0.3 is 5.97 Å². The van der Waals surface area contributed by atoms with Gasteiger partial charge in [0.1, 0.15) is 5.82 Å². The summed E-state index contributed by atoms with van der Waals surface area (Å²) in [5.74, 6) is -1.25. The molecule has 0 aliphatic carbocycles. The van der Waals surface area contributed by atoms with Crippen LogP contribution in [0.1, 0.15) is 12.8 Å². The number of methoxy groups -OCH3 is 1. The summed E-state index contributed by atoms with van der Waals surface area (Å²) in [4.78, 5) is 36.7. The minimum absolute atomic E-state index is 0.0196. The van der Waals surface area contributed by atoms with Crippen molar-refractivity contribution in [2.75, 3.05) is 31.8 Å². The number of nitrogens with two attached hydrogens (primary N) is 1. The quantitative estimate of drug-likeness (QED) is 0.560. The van der Waals surface area contributed by atoms with Gasteiger partial charge in [0, 0.05) is 18.7 Å². The lowest BCUT2D eigenvalue weighted by molar-refractivity contribution is -0.148. The maximum Gasteiger partial charge on any atom is 0.309 e. The summed E-state index contributed by atoms with van der Waals surface area (Å²) in [7, 11) is 1.51. The lowest BCUT2D eigenvalue weighted by atomic mass is 10.2. The van der Waals surface area contributed by atoms with Crippen LogP contribution in [0.3, 0.4) is 0 Å². The van der Waals surface area contributed by atoms with Crippen molar-refractivity contribution in [3.63, 3.8) is 0 Å². The highest BCUT2D eigenvalue weighted by molar-refractivity contribution is 5.95. The predicted octanol–water partition coefficient (Wildman–Crippen LogP) is 2.05. The minimum Gasteiger partial charge on any atom is -0.493 e. The Morgan fingerprint density at radius 2 is 1.67 bits per heavy atom. The number of primary amides is 1. The van der Waals surface area contributed by atoms with E-state index in [1.54, 1.807) is 24.3 Å². The number of amides is 2. The summed E-state index contributed by atoms with van der Waals surface area (Å²) >= 11 is 0. The Labute approximate surface area is 173 Å². The maximum atomic E-state index is 13.1. The van der Waals surface area contributed by atoms with Crippen LogP contribution in [-0.2, 0) is 19.1 Å². The zero-order valence-corrected chi connectivity index (χ0v) is 16.5. The monoisotopic (exact) mass is 418 g/mol. The van der Waals surface area contributed by atoms with Gasteiger partial charge in [-0.15, -0.1) is 0 Å². The Kier molecular flexibility index (Phi) is 8.61. The van der Waals surface area contributed by atoms with Crippen LogP contribution in [0.4, 0.5) is 10.1 Å². The highest BCUT2D eigenvalue weighted by Crippen LogP contribution is 2.25. The Bertz CT molecular complexity index is 872. The van der Waals surface area contributed by atoms with E-state index in [-0.39, 0.29) is 26.0 Å². The van der Waals surface area contributed by atoms with E-state index in [2.05, 4.69) is 0 Å². The molecule has 0 fully saturated rings. The first kappa shape index (κ1) is 22.7. The Balaban J connectivity index is 1.86. The second-order valence-electron chi connectivity index (χ2n) is 6.15. The summed E-state index contributed by atoms with van der Waals surface area (Å²) in [6.45, 7) is -0.519. The van der Waals surface area contributed by atoms with E-state index in [0.717, 1.165) is 0 Å². The molecule has 30 heavy (non-hydrogen) atoms. The molecule has 0 atom stereocenters. The number of hydrogen-bond acceptors (Lipinski definition) is 6. The molecule has 2 N–H and O–H groups in total. The zero-order valence-electron chi connectivity index (χ0n) is 16.5. The number of esters is 1. The van der Waals surface area contributed by atoms with Gasteiger partial charge in [0.25, 0.3) is 5.91 Å². The molecule has 0 heterocycles. The molecule has 0 aromatic heterocycles. The molecule has 0 aliphatic heterocycles. The van der Waals surface area contributed by atoms with Crippen LogP contribution in [0, 0.1) is 5.82 Å². The topological polar surface area (TPSA) is 108 Å². The van der Waals surface area contributed by atoms with Gasteiger partial charge in [-0.05, 0) is 36.4 Å². The molecule has 0 bridgehead atoms. The molecule has 160 valence electrons. The molecule has 2 aromatic rings. The summed E-state index contributed by atoms with van der Waals surface area (Å²) in [5, 5.41) is 0. The lowest BCUT2D eigenvalue weighted by Crippen LogP contribution is -2.37. The number of hydrogen-bond donors (Lipinski definition) is 1. The van der Waals surface area contributed by atoms with E-state index in [0.29, 0.717) is 17.2 Å². The first-order valence-electron chi connectivity index (χ1n) is 9.16. The van der Waals surface area contributed by atoms with Gasteiger partial charge in [-0.25, -0.2) is 4.39 Å². The van der Waals surface area contributed by atoms with Crippen LogP contribution in [-0.4, -0.2) is 44.7 Å². The second-order valence-corrected chi connectivity index (χ2v) is 6.15. The van der Waals surface area contributed by atoms with Gasteiger partial charge in [0.2, 0.25) is 5.91 Å². The smallest absolute Gasteiger partial charge is 0.309 e. The molecule has 0 radical (unpaired) electrons. The number of anilines is 1. The molecule has 9 heteroatoms. The van der Waals surface area contributed by atoms with Crippen LogP contribution in [0.2, 0.25) is 0 Å². The first-order valence-corrected chi connectivity index (χ1v) is 9.16. The van der Waals surface area contributed by atoms with Crippen molar-refractivity contribution in [1.29, 1.82) is 0 Å². The summed E-state index contributed by atoms with van der Waals surface area (Å²) < 4.78 is 28.8. The number of nitrogens with zero attached hydrogens (tertiary/aromatic N) is 1. The third-order valence-electron chi connectivity index (χ3n) is 4.01. The summed E-state index contributed by atoms with van der Waals surface area (Å²) in [5.41, 5.74) is 5.50. The second kappa shape index (κ2) is 11.4. The SMILES string of the molecule is COc1ccccc1OCCC(=O)OCC(=O)N(CCC(N)=O)c1ccc(F)cc1. The molecule has 2 rings (SSSR count). The average molecular weight is 418 g/mol. The van der Waals surface area contributed by atoms with Crippen molar-refractivity contribution in [1.82, 2.24) is 0 Å². The Hall–Kier alpha value is -3.62. The molecular weight excluding hydrogens is 395 g/mol. The van der Waals surface area contributed by atoms with Gasteiger partial charge in [0.15, 0.2) is 18.1 Å². The highest BCUT2D eigenvalue weighted by Gasteiger charge is 2.18. The molecule has 0 spiro atoms. The summed E-state index contributed by atoms with van der Waals surface area (Å²) in [6.07, 6.45) is -0.174. The zero-order chi connectivity index (χ0) is 21.9. The van der Waals surface area contributed by atoms with Gasteiger partial charge in [-0.1, -0.05) is 12.1 Å². The number of benzene rings is 2. The fourth-order valence-electron chi connectivity index (χ4n) is 2.52. The van der Waals surface area contributed by atoms with E-state index >= 15 is 0 Å². The molecule has 0 aliphatic rings. The molecule has 8 nitrogen and oxygen atoms in total. The average Bonchev–Trinajstić information content (AvgIpc) is 2.73. The molecule has 2 amide bonds. The number of carbonyl (C=O) groups excluding carboxylic acids is 3. The molecule has 0 saturated heterocycles. The molecular formula is C21H23FN2O6. The van der Waals surface area contributed by atoms with Crippen molar-refractivity contribution in [2.45, 2.75) is 12.8 Å². The van der Waals surface area contributed by atoms with E-state index < -0.39 is 30.2 Å². The van der Waals surface area contributed by atoms with E-state index in [9.17, 15) is 18.8 Å². The standard InChI is InChI=1S/C21H23FN2O6/c1-28-17-4-2-3-5-18(17)29-13-11-21(27)30-14-20(26)24(12-10-19(23)25)16-8-6-15(22)7-9-16/h2-9H,10-14H2,1H3,(H2,23,25). The van der Waals surface area contributed by atoms with Crippen LogP contribution in [0.5, 0.6) is 11.5 Å². The van der Waals surface area contributed by atoms with Crippen molar-refractivity contribution in [3.8, 4) is 11.5 Å². The maximum absolute atomic E-state index is 13.1. The summed E-state index contributed by atoms with van der Waals surface area (Å²) in [6, 6.07) is 12.1. The molecule has 2 aromatic carbocycles. The van der Waals surface area contributed by atoms with Crippen molar-refractivity contribution in [2.24, 2.45) is 5.73 Å². The fourth-order valence-corrected chi connectivity index (χ4v) is 2.52. The van der Waals surface area contributed by atoms with Gasteiger partial charge in [0.05, 0.1) is 20.1 Å². The Morgan fingerprint density at radius 3 is 2.30 bits per heavy atom. The van der Waals surface area contributed by atoms with Crippen LogP contribution in [0.15, 0.2) is 48.5 Å². The van der Waals surface area contributed by atoms with Crippen molar-refractivity contribution < 1.29 is 33.0 Å². The number of ether oxygens (including phenoxy) is 3. The van der Waals surface area contributed by atoms with Crippen molar-refractivity contribution in [3.05, 3.63) is 54.3 Å². The third-order valence-corrected chi connectivity index (χ3v) is 4.01. The highest BCUT2D eigenvalue weighted by atomic mass is 19.1. The largest absolute Gasteiger partial charge is 0.493 e. The van der Waals surface area contributed by atoms with Crippen molar-refractivity contribution >= 4 is 23.5 Å². The van der Waals surface area contributed by atoms with E-state index in [1.165, 1.54) is 36.3 Å². The molecule has 0 unspecified atom stereocenters. The Morgan fingerprint density at radius 1 is 1.00 bits per heavy atom. The number of rotatable bonds is 11. The lowest BCUT2D eigenvalue weighted by Gasteiger charge is -2.22. The van der Waals surface area contributed by atoms with Crippen LogP contribution in [0.25, 0.3) is 0 Å². The van der Waals surface area contributed by atoms with Gasteiger partial charge < -0.3 is 24.8 Å². The number of carbonyl (C=O) groups is 3. The number of para-hydroxylation sites is 2.